The number of nitrogens with zero attached hydrogens (tertiary/aromatic N) is 3. The number of benzene rings is 1. The van der Waals surface area contributed by atoms with Crippen molar-refractivity contribution in [3.05, 3.63) is 47.7 Å². The molecule has 0 bridgehead atoms. The van der Waals surface area contributed by atoms with Gasteiger partial charge in [-0.25, -0.2) is 0 Å². The lowest BCUT2D eigenvalue weighted by molar-refractivity contribution is 0.0951. The Labute approximate surface area is 150 Å². The minimum atomic E-state index is -0.201. The second kappa shape index (κ2) is 7.25. The van der Waals surface area contributed by atoms with E-state index in [1.165, 1.54) is 6.20 Å². The summed E-state index contributed by atoms with van der Waals surface area (Å²) in [5, 5.41) is 22.9. The summed E-state index contributed by atoms with van der Waals surface area (Å²) >= 11 is 0. The van der Waals surface area contributed by atoms with Gasteiger partial charge < -0.3 is 20.3 Å². The first-order chi connectivity index (χ1) is 12.5. The van der Waals surface area contributed by atoms with Gasteiger partial charge in [-0.05, 0) is 44.4 Å². The Hall–Kier alpha value is -3.37. The minimum absolute atomic E-state index is 0.0484. The molecule has 3 N–H and O–H groups in total. The maximum absolute atomic E-state index is 12.3. The zero-order chi connectivity index (χ0) is 18.7. The Morgan fingerprint density at radius 2 is 2.15 bits per heavy atom. The number of carbonyl (C=O) groups is 1. The van der Waals surface area contributed by atoms with E-state index < -0.39 is 0 Å². The molecule has 0 unspecified atom stereocenters. The Balaban J connectivity index is 1.96. The number of likely N-dealkylation sites (N-methyl/N-ethyl adjacent to an activating group) is 1. The van der Waals surface area contributed by atoms with Crippen molar-refractivity contribution in [2.75, 3.05) is 27.2 Å². The van der Waals surface area contributed by atoms with Crippen molar-refractivity contribution in [1.82, 2.24) is 20.2 Å². The molecule has 26 heavy (non-hydrogen) atoms. The van der Waals surface area contributed by atoms with Crippen LogP contribution in [0, 0.1) is 11.3 Å². The van der Waals surface area contributed by atoms with Crippen LogP contribution in [0.1, 0.15) is 15.9 Å². The summed E-state index contributed by atoms with van der Waals surface area (Å²) in [4.78, 5) is 21.5. The highest BCUT2D eigenvalue weighted by Gasteiger charge is 2.16. The standard InChI is InChI=1S/C19H19N5O2/c1-24(2)8-7-22-18(25)13-5-6-21-16(10-13)17-14-9-12(11-20)3-4-15(14)23-19(17)26/h3-6,9-10,23,26H,7-8H2,1-2H3,(H,22,25). The molecule has 3 rings (SSSR count). The number of aromatic amines is 1. The van der Waals surface area contributed by atoms with E-state index in [9.17, 15) is 9.90 Å². The zero-order valence-corrected chi connectivity index (χ0v) is 14.6. The second-order valence-corrected chi connectivity index (χ2v) is 6.21. The third-order valence-electron chi connectivity index (χ3n) is 4.03. The molecule has 7 heteroatoms. The van der Waals surface area contributed by atoms with Gasteiger partial charge in [0.25, 0.3) is 5.91 Å². The predicted octanol–water partition coefficient (Wildman–Crippen LogP) is 2.10. The molecule has 1 aromatic carbocycles. The van der Waals surface area contributed by atoms with E-state index in [4.69, 9.17) is 5.26 Å². The Morgan fingerprint density at radius 1 is 1.35 bits per heavy atom. The Bertz CT molecular complexity index is 1000. The number of nitrogens with one attached hydrogen (secondary N) is 2. The van der Waals surface area contributed by atoms with Crippen molar-refractivity contribution in [3.63, 3.8) is 0 Å². The fourth-order valence-electron chi connectivity index (χ4n) is 2.71. The molecular weight excluding hydrogens is 330 g/mol. The number of hydrogen-bond acceptors (Lipinski definition) is 5. The van der Waals surface area contributed by atoms with Crippen LogP contribution in [0.4, 0.5) is 0 Å². The van der Waals surface area contributed by atoms with Crippen LogP contribution >= 0.6 is 0 Å². The molecule has 3 aromatic rings. The number of pyridine rings is 1. The molecule has 1 amide bonds. The van der Waals surface area contributed by atoms with Crippen LogP contribution in [0.5, 0.6) is 5.88 Å². The fourth-order valence-corrected chi connectivity index (χ4v) is 2.71. The van der Waals surface area contributed by atoms with Crippen LogP contribution in [0.15, 0.2) is 36.5 Å². The SMILES string of the molecule is CN(C)CCNC(=O)c1ccnc(-c2c(O)[nH]c3ccc(C#N)cc23)c1. The van der Waals surface area contributed by atoms with Crippen LogP contribution in [0.2, 0.25) is 0 Å². The van der Waals surface area contributed by atoms with Gasteiger partial charge in [0.1, 0.15) is 0 Å². The summed E-state index contributed by atoms with van der Waals surface area (Å²) in [6.07, 6.45) is 1.53. The van der Waals surface area contributed by atoms with Gasteiger partial charge in [0, 0.05) is 35.8 Å². The average molecular weight is 349 g/mol. The predicted molar refractivity (Wildman–Crippen MR) is 98.8 cm³/mol. The first kappa shape index (κ1) is 17.5. The van der Waals surface area contributed by atoms with Gasteiger partial charge in [-0.3, -0.25) is 9.78 Å². The summed E-state index contributed by atoms with van der Waals surface area (Å²) < 4.78 is 0. The number of hydrogen-bond donors (Lipinski definition) is 3. The highest BCUT2D eigenvalue weighted by atomic mass is 16.3. The molecule has 0 aliphatic heterocycles. The van der Waals surface area contributed by atoms with Gasteiger partial charge in [-0.1, -0.05) is 0 Å². The van der Waals surface area contributed by atoms with Crippen molar-refractivity contribution >= 4 is 16.8 Å². The van der Waals surface area contributed by atoms with E-state index in [2.05, 4.69) is 21.4 Å². The van der Waals surface area contributed by atoms with E-state index in [0.29, 0.717) is 39.8 Å². The molecule has 0 fully saturated rings. The van der Waals surface area contributed by atoms with Gasteiger partial charge >= 0.3 is 0 Å². The van der Waals surface area contributed by atoms with Gasteiger partial charge in [-0.2, -0.15) is 5.26 Å². The summed E-state index contributed by atoms with van der Waals surface area (Å²) in [5.74, 6) is -0.250. The molecule has 0 saturated carbocycles. The van der Waals surface area contributed by atoms with Crippen molar-refractivity contribution in [2.24, 2.45) is 0 Å². The van der Waals surface area contributed by atoms with Crippen LogP contribution in [-0.4, -0.2) is 53.1 Å². The summed E-state index contributed by atoms with van der Waals surface area (Å²) in [6, 6.07) is 10.4. The van der Waals surface area contributed by atoms with Crippen LogP contribution < -0.4 is 5.32 Å². The Morgan fingerprint density at radius 3 is 2.88 bits per heavy atom. The number of rotatable bonds is 5. The molecule has 2 aromatic heterocycles. The Kier molecular flexibility index (Phi) is 4.87. The lowest BCUT2D eigenvalue weighted by atomic mass is 10.1. The van der Waals surface area contributed by atoms with E-state index >= 15 is 0 Å². The lowest BCUT2D eigenvalue weighted by Gasteiger charge is -2.10. The topological polar surface area (TPSA) is 105 Å². The number of aromatic hydroxyl groups is 1. The van der Waals surface area contributed by atoms with Crippen molar-refractivity contribution < 1.29 is 9.90 Å². The largest absolute Gasteiger partial charge is 0.494 e. The molecule has 0 radical (unpaired) electrons. The first-order valence-electron chi connectivity index (χ1n) is 8.13. The number of fused-ring (bicyclic) bond motifs is 1. The molecular formula is C19H19N5O2. The monoisotopic (exact) mass is 349 g/mol. The van der Waals surface area contributed by atoms with Gasteiger partial charge in [-0.15, -0.1) is 0 Å². The smallest absolute Gasteiger partial charge is 0.251 e. The number of carbonyl (C=O) groups excluding carboxylic acids is 1. The van der Waals surface area contributed by atoms with Gasteiger partial charge in [0.15, 0.2) is 5.88 Å². The highest BCUT2D eigenvalue weighted by Crippen LogP contribution is 2.36. The summed E-state index contributed by atoms with van der Waals surface area (Å²) in [6.45, 7) is 1.28. The lowest BCUT2D eigenvalue weighted by Crippen LogP contribution is -2.31. The van der Waals surface area contributed by atoms with Gasteiger partial charge in [0.2, 0.25) is 0 Å². The summed E-state index contributed by atoms with van der Waals surface area (Å²) in [7, 11) is 3.87. The quantitative estimate of drug-likeness (QED) is 0.654. The average Bonchev–Trinajstić information content (AvgIpc) is 2.96. The fraction of sp³-hybridized carbons (Fsp3) is 0.211. The van der Waals surface area contributed by atoms with E-state index in [1.54, 1.807) is 30.3 Å². The van der Waals surface area contributed by atoms with E-state index in [1.807, 2.05) is 19.0 Å². The van der Waals surface area contributed by atoms with Crippen LogP contribution in [0.25, 0.3) is 22.2 Å². The number of amides is 1. The van der Waals surface area contributed by atoms with E-state index in [-0.39, 0.29) is 11.8 Å². The van der Waals surface area contributed by atoms with Crippen LogP contribution in [0.3, 0.4) is 0 Å². The number of aromatic nitrogens is 2. The summed E-state index contributed by atoms with van der Waals surface area (Å²) in [5.41, 5.74) is 2.57. The number of H-pyrrole nitrogens is 1. The highest BCUT2D eigenvalue weighted by molar-refractivity contribution is 6.00. The molecule has 7 nitrogen and oxygen atoms in total. The second-order valence-electron chi connectivity index (χ2n) is 6.21. The van der Waals surface area contributed by atoms with E-state index in [0.717, 1.165) is 6.54 Å². The normalized spacial score (nSPS) is 10.8. The molecule has 0 aliphatic rings. The molecule has 2 heterocycles. The van der Waals surface area contributed by atoms with Crippen LogP contribution in [-0.2, 0) is 0 Å². The third-order valence-corrected chi connectivity index (χ3v) is 4.03. The molecule has 0 saturated heterocycles. The van der Waals surface area contributed by atoms with Crippen molar-refractivity contribution in [1.29, 1.82) is 5.26 Å². The van der Waals surface area contributed by atoms with Crippen molar-refractivity contribution in [2.45, 2.75) is 0 Å². The zero-order valence-electron chi connectivity index (χ0n) is 14.6. The van der Waals surface area contributed by atoms with Crippen molar-refractivity contribution in [3.8, 4) is 23.2 Å². The maximum atomic E-state index is 12.3. The molecule has 0 aliphatic carbocycles. The minimum Gasteiger partial charge on any atom is -0.494 e. The first-order valence-corrected chi connectivity index (χ1v) is 8.13. The molecule has 0 atom stereocenters. The molecule has 132 valence electrons. The number of nitriles is 1. The maximum Gasteiger partial charge on any atom is 0.251 e. The molecule has 0 spiro atoms. The van der Waals surface area contributed by atoms with Gasteiger partial charge in [0.05, 0.1) is 22.9 Å². The third kappa shape index (κ3) is 3.50.